The first kappa shape index (κ1) is 11.9. The van der Waals surface area contributed by atoms with Crippen molar-refractivity contribution in [2.75, 3.05) is 13.1 Å². The van der Waals surface area contributed by atoms with Gasteiger partial charge in [-0.25, -0.2) is 0 Å². The smallest absolute Gasteiger partial charge is 0.0911 e. The van der Waals surface area contributed by atoms with Gasteiger partial charge in [0.25, 0.3) is 0 Å². The van der Waals surface area contributed by atoms with Crippen LogP contribution in [0.5, 0.6) is 0 Å². The van der Waals surface area contributed by atoms with Gasteiger partial charge >= 0.3 is 0 Å². The predicted molar refractivity (Wildman–Crippen MR) is 67.7 cm³/mol. The highest BCUT2D eigenvalue weighted by Crippen LogP contribution is 2.49. The Morgan fingerprint density at radius 1 is 1.38 bits per heavy atom. The third-order valence-corrected chi connectivity index (χ3v) is 4.31. The average Bonchev–Trinajstić information content (AvgIpc) is 2.80. The molecule has 0 aromatic rings. The molecule has 2 fully saturated rings. The summed E-state index contributed by atoms with van der Waals surface area (Å²) in [6.07, 6.45) is 8.93. The molecule has 2 rings (SSSR count). The van der Waals surface area contributed by atoms with E-state index in [1.807, 2.05) is 0 Å². The third kappa shape index (κ3) is 2.76. The van der Waals surface area contributed by atoms with E-state index in [2.05, 4.69) is 11.8 Å². The van der Waals surface area contributed by atoms with Crippen LogP contribution in [0.4, 0.5) is 0 Å². The van der Waals surface area contributed by atoms with Gasteiger partial charge < -0.3 is 10.6 Å². The number of nitrogens with zero attached hydrogens (tertiary/aromatic N) is 1. The summed E-state index contributed by atoms with van der Waals surface area (Å²) in [7, 11) is 0. The Hall–Kier alpha value is -0.570. The lowest BCUT2D eigenvalue weighted by Crippen LogP contribution is -2.38. The molecule has 0 saturated heterocycles. The van der Waals surface area contributed by atoms with Crippen LogP contribution in [0.15, 0.2) is 0 Å². The number of nitrogens with two attached hydrogens (primary N) is 1. The van der Waals surface area contributed by atoms with Crippen molar-refractivity contribution in [3.63, 3.8) is 0 Å². The molecular formula is C13H25N3. The first-order valence-electron chi connectivity index (χ1n) is 6.72. The van der Waals surface area contributed by atoms with Crippen LogP contribution in [-0.4, -0.2) is 29.9 Å². The Labute approximate surface area is 98.9 Å². The van der Waals surface area contributed by atoms with E-state index >= 15 is 0 Å². The van der Waals surface area contributed by atoms with E-state index in [4.69, 9.17) is 11.1 Å². The van der Waals surface area contributed by atoms with Gasteiger partial charge in [-0.2, -0.15) is 0 Å². The van der Waals surface area contributed by atoms with Crippen LogP contribution in [0, 0.1) is 10.8 Å². The van der Waals surface area contributed by atoms with Crippen LogP contribution >= 0.6 is 0 Å². The average molecular weight is 223 g/mol. The zero-order valence-corrected chi connectivity index (χ0v) is 10.5. The summed E-state index contributed by atoms with van der Waals surface area (Å²) in [5, 5.41) is 7.46. The first-order valence-corrected chi connectivity index (χ1v) is 6.72. The van der Waals surface area contributed by atoms with Gasteiger partial charge in [-0.05, 0) is 37.6 Å². The van der Waals surface area contributed by atoms with Gasteiger partial charge in [-0.1, -0.05) is 19.8 Å². The van der Waals surface area contributed by atoms with Gasteiger partial charge in [0.15, 0.2) is 0 Å². The molecule has 0 spiro atoms. The van der Waals surface area contributed by atoms with Crippen molar-refractivity contribution in [2.45, 2.75) is 57.9 Å². The second-order valence-corrected chi connectivity index (χ2v) is 5.70. The lowest BCUT2D eigenvalue weighted by atomic mass is 10.00. The van der Waals surface area contributed by atoms with Crippen LogP contribution in [0.3, 0.4) is 0 Å². The topological polar surface area (TPSA) is 53.1 Å². The summed E-state index contributed by atoms with van der Waals surface area (Å²) in [6.45, 7) is 4.60. The fraction of sp³-hybridized carbons (Fsp3) is 0.923. The molecule has 16 heavy (non-hydrogen) atoms. The van der Waals surface area contributed by atoms with E-state index in [0.717, 1.165) is 19.0 Å². The van der Waals surface area contributed by atoms with Crippen LogP contribution in [0.25, 0.3) is 0 Å². The van der Waals surface area contributed by atoms with Crippen molar-refractivity contribution in [1.29, 1.82) is 5.41 Å². The maximum absolute atomic E-state index is 7.46. The van der Waals surface area contributed by atoms with Crippen molar-refractivity contribution in [3.05, 3.63) is 0 Å². The summed E-state index contributed by atoms with van der Waals surface area (Å²) in [4.78, 5) is 2.64. The highest BCUT2D eigenvalue weighted by atomic mass is 15.2. The Morgan fingerprint density at radius 3 is 2.44 bits per heavy atom. The molecule has 0 aliphatic heterocycles. The predicted octanol–water partition coefficient (Wildman–Crippen LogP) is 2.36. The molecule has 3 N–H and O–H groups in total. The molecule has 0 bridgehead atoms. The molecule has 2 aliphatic carbocycles. The maximum Gasteiger partial charge on any atom is 0.0911 e. The molecule has 0 unspecified atom stereocenters. The van der Waals surface area contributed by atoms with Crippen LogP contribution < -0.4 is 5.73 Å². The summed E-state index contributed by atoms with van der Waals surface area (Å²) in [5.74, 6) is 0.375. The molecule has 0 atom stereocenters. The van der Waals surface area contributed by atoms with Gasteiger partial charge in [-0.15, -0.1) is 0 Å². The van der Waals surface area contributed by atoms with Gasteiger partial charge in [0.1, 0.15) is 0 Å². The molecule has 2 aliphatic rings. The third-order valence-electron chi connectivity index (χ3n) is 4.31. The van der Waals surface area contributed by atoms with Crippen molar-refractivity contribution in [2.24, 2.45) is 11.1 Å². The van der Waals surface area contributed by atoms with Gasteiger partial charge in [0.2, 0.25) is 0 Å². The SMILES string of the molecule is CCN(CC1(CC(=N)N)CC1)C1CCCC1. The van der Waals surface area contributed by atoms with Crippen LogP contribution in [0.1, 0.15) is 51.9 Å². The molecule has 0 radical (unpaired) electrons. The Balaban J connectivity index is 1.88. The van der Waals surface area contributed by atoms with E-state index < -0.39 is 0 Å². The number of hydrogen-bond donors (Lipinski definition) is 2. The largest absolute Gasteiger partial charge is 0.388 e. The molecule has 3 nitrogen and oxygen atoms in total. The second kappa shape index (κ2) is 4.74. The quantitative estimate of drug-likeness (QED) is 0.536. The molecular weight excluding hydrogens is 198 g/mol. The van der Waals surface area contributed by atoms with Crippen LogP contribution in [-0.2, 0) is 0 Å². The highest BCUT2D eigenvalue weighted by molar-refractivity contribution is 5.78. The van der Waals surface area contributed by atoms with E-state index in [0.29, 0.717) is 11.3 Å². The fourth-order valence-corrected chi connectivity index (χ4v) is 3.17. The normalized spacial score (nSPS) is 23.9. The minimum Gasteiger partial charge on any atom is -0.388 e. The zero-order chi connectivity index (χ0) is 11.6. The van der Waals surface area contributed by atoms with Crippen molar-refractivity contribution in [1.82, 2.24) is 4.90 Å². The monoisotopic (exact) mass is 223 g/mol. The van der Waals surface area contributed by atoms with Gasteiger partial charge in [0, 0.05) is 19.0 Å². The molecule has 92 valence electrons. The second-order valence-electron chi connectivity index (χ2n) is 5.70. The van der Waals surface area contributed by atoms with Gasteiger partial charge in [0.05, 0.1) is 5.84 Å². The summed E-state index contributed by atoms with van der Waals surface area (Å²) in [5.41, 5.74) is 5.93. The summed E-state index contributed by atoms with van der Waals surface area (Å²) < 4.78 is 0. The molecule has 0 amide bonds. The molecule has 2 saturated carbocycles. The lowest BCUT2D eigenvalue weighted by molar-refractivity contribution is 0.169. The number of rotatable bonds is 6. The van der Waals surface area contributed by atoms with Crippen molar-refractivity contribution in [3.8, 4) is 0 Å². The highest BCUT2D eigenvalue weighted by Gasteiger charge is 2.44. The number of nitrogens with one attached hydrogen (secondary N) is 1. The van der Waals surface area contributed by atoms with E-state index in [-0.39, 0.29) is 0 Å². The number of amidine groups is 1. The standard InChI is InChI=1S/C13H25N3/c1-2-16(11-5-3-4-6-11)10-13(7-8-13)9-12(14)15/h11H,2-10H2,1H3,(H3,14,15). The summed E-state index contributed by atoms with van der Waals surface area (Å²) in [6, 6.07) is 0.814. The van der Waals surface area contributed by atoms with E-state index in [1.165, 1.54) is 45.1 Å². The van der Waals surface area contributed by atoms with E-state index in [1.54, 1.807) is 0 Å². The van der Waals surface area contributed by atoms with Crippen LogP contribution in [0.2, 0.25) is 0 Å². The Bertz CT molecular complexity index is 252. The molecule has 0 aromatic carbocycles. The minimum absolute atomic E-state index is 0.375. The first-order chi connectivity index (χ1) is 7.65. The number of hydrogen-bond acceptors (Lipinski definition) is 2. The minimum atomic E-state index is 0.375. The zero-order valence-electron chi connectivity index (χ0n) is 10.5. The maximum atomic E-state index is 7.46. The van der Waals surface area contributed by atoms with Gasteiger partial charge in [-0.3, -0.25) is 5.41 Å². The molecule has 0 heterocycles. The van der Waals surface area contributed by atoms with Crippen molar-refractivity contribution >= 4 is 5.84 Å². The molecule has 3 heteroatoms. The van der Waals surface area contributed by atoms with E-state index in [9.17, 15) is 0 Å². The Kier molecular flexibility index (Phi) is 3.53. The fourth-order valence-electron chi connectivity index (χ4n) is 3.17. The molecule has 0 aromatic heterocycles. The summed E-state index contributed by atoms with van der Waals surface area (Å²) >= 11 is 0. The lowest BCUT2D eigenvalue weighted by Gasteiger charge is -2.31. The van der Waals surface area contributed by atoms with Crippen molar-refractivity contribution < 1.29 is 0 Å². The Morgan fingerprint density at radius 2 is 2.00 bits per heavy atom.